The van der Waals surface area contributed by atoms with Gasteiger partial charge in [0, 0.05) is 61.5 Å². The normalized spacial score (nSPS) is 13.9. The van der Waals surface area contributed by atoms with E-state index in [4.69, 9.17) is 0 Å². The summed E-state index contributed by atoms with van der Waals surface area (Å²) in [5.41, 5.74) is 40.9. The summed E-state index contributed by atoms with van der Waals surface area (Å²) in [5, 5.41) is 2.47. The van der Waals surface area contributed by atoms with Gasteiger partial charge in [-0.05, 0) is 202 Å². The molecular formula is C119H116BN3. The molecule has 19 rings (SSSR count). The van der Waals surface area contributed by atoms with Crippen molar-refractivity contribution in [3.05, 3.63) is 383 Å². The average Bonchev–Trinajstić information content (AvgIpc) is 1.61. The van der Waals surface area contributed by atoms with E-state index in [9.17, 15) is 0 Å². The average molecular weight is 1600 g/mol. The summed E-state index contributed by atoms with van der Waals surface area (Å²) >= 11 is 0. The number of hydrogen-bond donors (Lipinski definition) is 0. The van der Waals surface area contributed by atoms with Gasteiger partial charge in [-0.25, -0.2) is 0 Å². The largest absolute Gasteiger partial charge is 0.310 e. The van der Waals surface area contributed by atoms with Crippen molar-refractivity contribution in [1.82, 2.24) is 4.57 Å². The number of aromatic nitrogens is 1. The van der Waals surface area contributed by atoms with E-state index >= 15 is 0 Å². The Morgan fingerprint density at radius 2 is 0.610 bits per heavy atom. The lowest BCUT2D eigenvalue weighted by Gasteiger charge is -2.46. The first-order valence-corrected chi connectivity index (χ1v) is 44.7. The highest BCUT2D eigenvalue weighted by Gasteiger charge is 2.50. The molecule has 610 valence electrons. The minimum atomic E-state index is -0.653. The smallest absolute Gasteiger partial charge is 0.252 e. The van der Waals surface area contributed by atoms with Gasteiger partial charge in [-0.3, -0.25) is 0 Å². The van der Waals surface area contributed by atoms with Gasteiger partial charge in [-0.1, -0.05) is 424 Å². The Morgan fingerprint density at radius 1 is 0.244 bits per heavy atom. The Morgan fingerprint density at radius 3 is 1.04 bits per heavy atom. The van der Waals surface area contributed by atoms with Crippen LogP contribution in [0.2, 0.25) is 0 Å². The van der Waals surface area contributed by atoms with Crippen molar-refractivity contribution in [3.8, 4) is 72.4 Å². The van der Waals surface area contributed by atoms with Crippen molar-refractivity contribution in [3.63, 3.8) is 0 Å². The lowest BCUT2D eigenvalue weighted by atomic mass is 9.33. The summed E-state index contributed by atoms with van der Waals surface area (Å²) in [5.74, 6) is 0. The zero-order valence-electron chi connectivity index (χ0n) is 76.0. The molecule has 0 unspecified atom stereocenters. The van der Waals surface area contributed by atoms with E-state index < -0.39 is 5.41 Å². The van der Waals surface area contributed by atoms with Crippen molar-refractivity contribution in [1.29, 1.82) is 0 Å². The first-order valence-electron chi connectivity index (χ1n) is 44.7. The van der Waals surface area contributed by atoms with E-state index in [1.54, 1.807) is 0 Å². The van der Waals surface area contributed by atoms with Gasteiger partial charge in [-0.15, -0.1) is 0 Å². The van der Waals surface area contributed by atoms with Gasteiger partial charge in [0.25, 0.3) is 6.71 Å². The molecule has 123 heavy (non-hydrogen) atoms. The summed E-state index contributed by atoms with van der Waals surface area (Å²) in [6.07, 6.45) is 0. The number of hydrogen-bond acceptors (Lipinski definition) is 2. The van der Waals surface area contributed by atoms with Crippen molar-refractivity contribution < 1.29 is 0 Å². The maximum absolute atomic E-state index is 2.77. The van der Waals surface area contributed by atoms with E-state index in [0.29, 0.717) is 0 Å². The molecule has 0 N–H and O–H groups in total. The third kappa shape index (κ3) is 13.5. The maximum atomic E-state index is 2.77. The zero-order valence-corrected chi connectivity index (χ0v) is 76.0. The number of nitrogens with zero attached hydrogens (tertiary/aromatic N) is 3. The molecule has 1 aliphatic carbocycles. The quantitative estimate of drug-likeness (QED) is 0.126. The van der Waals surface area contributed by atoms with E-state index in [-0.39, 0.29) is 44.6 Å². The molecule has 0 radical (unpaired) electrons. The fourth-order valence-corrected chi connectivity index (χ4v) is 20.2. The molecule has 3 aliphatic rings. The van der Waals surface area contributed by atoms with Crippen molar-refractivity contribution in [2.24, 2.45) is 0 Å². The molecule has 1 aromatic heterocycles. The van der Waals surface area contributed by atoms with Crippen LogP contribution in [-0.2, 0) is 43.3 Å². The minimum absolute atomic E-state index is 0.0547. The Bertz CT molecular complexity index is 6620. The van der Waals surface area contributed by atoms with Crippen molar-refractivity contribution in [2.45, 2.75) is 189 Å². The molecule has 0 saturated carbocycles. The number of fused-ring (bicyclic) bond motifs is 11. The van der Waals surface area contributed by atoms with Gasteiger partial charge < -0.3 is 14.4 Å². The molecule has 0 atom stereocenters. The van der Waals surface area contributed by atoms with Gasteiger partial charge in [0.2, 0.25) is 0 Å². The van der Waals surface area contributed by atoms with E-state index in [0.717, 1.165) is 95.4 Å². The molecule has 0 amide bonds. The molecule has 4 heteroatoms. The molecule has 15 aromatic carbocycles. The van der Waals surface area contributed by atoms with Crippen LogP contribution in [0.1, 0.15) is 207 Å². The maximum Gasteiger partial charge on any atom is 0.252 e. The first kappa shape index (κ1) is 80.5. The zero-order chi connectivity index (χ0) is 86.1. The lowest BCUT2D eigenvalue weighted by Crippen LogP contribution is -2.61. The molecular weight excluding hydrogens is 1480 g/mol. The Kier molecular flexibility index (Phi) is 18.9. The SMILES string of the molecule is CC(C)(C)c1ccc(-c2cccc(-c3ccc(C(C)(C)C)cc3)c2N2c3cc(-c4cc(C(C)(C)C)cc(C(C)(C)C)c4)ccc3B3c4ccc(-n5c6ccccc6c6c7c(ccc65)-c5ccccc5C7(c5ccccc5)c5ccccc5)cc4N(c4c(-c5ccc(C(C)(C)C)cc5)cccc4-c4ccc(C(C)(C)C)cc4)c4cc(C(C)(C)C)cc2c43)cc1. The van der Waals surface area contributed by atoms with Crippen LogP contribution in [0.4, 0.5) is 34.1 Å². The van der Waals surface area contributed by atoms with Gasteiger partial charge >= 0.3 is 0 Å². The van der Waals surface area contributed by atoms with E-state index in [2.05, 4.69) is 481 Å². The summed E-state index contributed by atoms with van der Waals surface area (Å²) in [4.78, 5) is 5.54. The topological polar surface area (TPSA) is 11.4 Å². The van der Waals surface area contributed by atoms with Crippen LogP contribution in [0.25, 0.3) is 94.3 Å². The Labute approximate surface area is 732 Å². The third-order valence-electron chi connectivity index (χ3n) is 27.2. The number of anilines is 6. The highest BCUT2D eigenvalue weighted by Crippen LogP contribution is 2.61. The lowest BCUT2D eigenvalue weighted by molar-refractivity contribution is 0.569. The highest BCUT2D eigenvalue weighted by atomic mass is 15.2. The molecule has 16 aromatic rings. The Balaban J connectivity index is 0.975. The molecule has 0 spiro atoms. The van der Waals surface area contributed by atoms with E-state index in [1.165, 1.54) is 111 Å². The molecule has 3 nitrogen and oxygen atoms in total. The highest BCUT2D eigenvalue weighted by molar-refractivity contribution is 7.00. The van der Waals surface area contributed by atoms with Crippen molar-refractivity contribution in [2.75, 3.05) is 9.80 Å². The van der Waals surface area contributed by atoms with Crippen LogP contribution in [0.5, 0.6) is 0 Å². The van der Waals surface area contributed by atoms with Crippen molar-refractivity contribution >= 4 is 79.0 Å². The van der Waals surface area contributed by atoms with Gasteiger partial charge in [-0.2, -0.15) is 0 Å². The fraction of sp³-hybridized carbons (Fsp3) is 0.244. The second-order valence-electron chi connectivity index (χ2n) is 42.6. The summed E-state index contributed by atoms with van der Waals surface area (Å²) < 4.78 is 2.61. The molecule has 0 bridgehead atoms. The van der Waals surface area contributed by atoms with Crippen LogP contribution in [0.15, 0.2) is 322 Å². The van der Waals surface area contributed by atoms with E-state index in [1.807, 2.05) is 0 Å². The van der Waals surface area contributed by atoms with Gasteiger partial charge in [0.05, 0.1) is 27.8 Å². The predicted octanol–water partition coefficient (Wildman–Crippen LogP) is 30.6. The van der Waals surface area contributed by atoms with Crippen LogP contribution in [-0.4, -0.2) is 11.3 Å². The monoisotopic (exact) mass is 1600 g/mol. The third-order valence-corrected chi connectivity index (χ3v) is 27.2. The summed E-state index contributed by atoms with van der Waals surface area (Å²) in [6, 6.07) is 126. The standard InChI is InChI=1S/C119H116BN3/c1-112(2,3)81-55-46-75(47-56-81)91-40-32-41-92(76-48-57-82(58-49-76)113(4,5)6)110(91)122-103-70-79(80-68-87(116(13,14)15)71-88(69-80)117(16,17)18)54-65-99(103)120-100-66-63-90(121-101-45-31-29-39-97(101)107-102(121)67-64-96-95-38-28-30-44-98(95)119(108(96)107,85-34-24-22-25-35-85)86-36-26-23-27-37-86)74-104(100)123(106-73-89(118(19,20)21)72-105(122)109(106)120)111-93(77-50-59-83(60-51-77)114(7,8)9)42-33-43-94(111)78-52-61-84(62-53-78)115(10,11)12/h22-74H,1-21H3. The van der Waals surface area contributed by atoms with Crippen LogP contribution >= 0.6 is 0 Å². The van der Waals surface area contributed by atoms with Crippen LogP contribution in [0, 0.1) is 0 Å². The summed E-state index contributed by atoms with van der Waals surface area (Å²) in [6.45, 7) is 49.1. The fourth-order valence-electron chi connectivity index (χ4n) is 20.2. The minimum Gasteiger partial charge on any atom is -0.310 e. The molecule has 0 saturated heterocycles. The molecule has 0 fully saturated rings. The second-order valence-corrected chi connectivity index (χ2v) is 42.6. The Hall–Kier alpha value is -12.2. The summed E-state index contributed by atoms with van der Waals surface area (Å²) in [7, 11) is 0. The van der Waals surface area contributed by atoms with Crippen LogP contribution in [0.3, 0.4) is 0 Å². The van der Waals surface area contributed by atoms with Gasteiger partial charge in [0.1, 0.15) is 0 Å². The van der Waals surface area contributed by atoms with Crippen LogP contribution < -0.4 is 26.2 Å². The van der Waals surface area contributed by atoms with Gasteiger partial charge in [0.15, 0.2) is 0 Å². The molecule has 2 aliphatic heterocycles. The number of benzene rings is 15. The first-order chi connectivity index (χ1) is 58.4. The molecule has 3 heterocycles. The second kappa shape index (κ2) is 29.0. The predicted molar refractivity (Wildman–Crippen MR) is 530 cm³/mol. The number of rotatable bonds is 10. The number of para-hydroxylation sites is 3.